The molecule has 0 spiro atoms. The molecule has 0 heterocycles. The minimum atomic E-state index is -2.56. The molecule has 3 aromatic carbocycles. The summed E-state index contributed by atoms with van der Waals surface area (Å²) in [6.45, 7) is 13.6. The highest BCUT2D eigenvalue weighted by atomic mass is 28.4. The van der Waals surface area contributed by atoms with Crippen LogP contribution in [0.3, 0.4) is 0 Å². The molecule has 0 unspecified atom stereocenters. The van der Waals surface area contributed by atoms with E-state index in [1.165, 1.54) is 10.4 Å². The van der Waals surface area contributed by atoms with E-state index in [-0.39, 0.29) is 16.9 Å². The number of carbonyl (C=O) groups is 2. The van der Waals surface area contributed by atoms with Crippen LogP contribution in [0.5, 0.6) is 0 Å². The highest BCUT2D eigenvalue weighted by molar-refractivity contribution is 6.99. The van der Waals surface area contributed by atoms with E-state index in [0.29, 0.717) is 58.3 Å². The van der Waals surface area contributed by atoms with Crippen LogP contribution < -0.4 is 15.7 Å². The van der Waals surface area contributed by atoms with Crippen LogP contribution in [0, 0.1) is 11.8 Å². The fourth-order valence-corrected chi connectivity index (χ4v) is 10.2. The van der Waals surface area contributed by atoms with Gasteiger partial charge in [-0.2, -0.15) is 0 Å². The van der Waals surface area contributed by atoms with Gasteiger partial charge in [-0.05, 0) is 54.6 Å². The third-order valence-corrected chi connectivity index (χ3v) is 12.8. The van der Waals surface area contributed by atoms with Crippen molar-refractivity contribution < 1.29 is 23.5 Å². The zero-order valence-corrected chi connectivity index (χ0v) is 30.1. The number of ether oxygens (including phenoxy) is 2. The molecule has 1 N–H and O–H groups in total. The van der Waals surface area contributed by atoms with Crippen molar-refractivity contribution in [3.63, 3.8) is 0 Å². The van der Waals surface area contributed by atoms with Crippen molar-refractivity contribution in [2.75, 3.05) is 13.2 Å². The summed E-state index contributed by atoms with van der Waals surface area (Å²) in [7, 11) is -2.56. The van der Waals surface area contributed by atoms with Crippen molar-refractivity contribution in [1.82, 2.24) is 5.32 Å². The van der Waals surface area contributed by atoms with Gasteiger partial charge >= 0.3 is 6.09 Å². The summed E-state index contributed by atoms with van der Waals surface area (Å²) in [6.07, 6.45) is 2.79. The molecule has 47 heavy (non-hydrogen) atoms. The zero-order valence-electron chi connectivity index (χ0n) is 29.1. The predicted octanol–water partition coefficient (Wildman–Crippen LogP) is 7.59. The smallest absolute Gasteiger partial charge is 0.407 e. The van der Waals surface area contributed by atoms with Crippen LogP contribution in [0.1, 0.15) is 85.6 Å². The second-order valence-electron chi connectivity index (χ2n) is 13.9. The summed E-state index contributed by atoms with van der Waals surface area (Å²) in [6, 6.07) is 30.8. The Morgan fingerprint density at radius 3 is 1.87 bits per heavy atom. The third kappa shape index (κ3) is 12.8. The topological polar surface area (TPSA) is 73.9 Å². The Bertz CT molecular complexity index is 1380. The predicted molar refractivity (Wildman–Crippen MR) is 193 cm³/mol. The first-order valence-electron chi connectivity index (χ1n) is 16.7. The molecule has 0 fully saturated rings. The van der Waals surface area contributed by atoms with Gasteiger partial charge in [0, 0.05) is 32.3 Å². The van der Waals surface area contributed by atoms with E-state index in [4.69, 9.17) is 13.9 Å². The highest BCUT2D eigenvalue weighted by Gasteiger charge is 2.49. The van der Waals surface area contributed by atoms with Crippen LogP contribution in [0.4, 0.5) is 4.79 Å². The first kappa shape index (κ1) is 37.8. The summed E-state index contributed by atoms with van der Waals surface area (Å²) in [4.78, 5) is 25.1. The van der Waals surface area contributed by atoms with E-state index < -0.39 is 20.0 Å². The highest BCUT2D eigenvalue weighted by Crippen LogP contribution is 2.36. The number of rotatable bonds is 16. The van der Waals surface area contributed by atoms with Crippen LogP contribution in [0.25, 0.3) is 0 Å². The summed E-state index contributed by atoms with van der Waals surface area (Å²) < 4.78 is 18.2. The number of nitrogens with one attached hydrogen (secondary N) is 1. The van der Waals surface area contributed by atoms with E-state index in [0.717, 1.165) is 5.56 Å². The molecule has 0 aliphatic carbocycles. The molecule has 0 aromatic heterocycles. The Morgan fingerprint density at radius 1 is 0.766 bits per heavy atom. The van der Waals surface area contributed by atoms with Crippen LogP contribution in [0.15, 0.2) is 91.0 Å². The second kappa shape index (κ2) is 18.6. The summed E-state index contributed by atoms with van der Waals surface area (Å²) in [5.74, 6) is 6.67. The first-order valence-corrected chi connectivity index (χ1v) is 18.6. The van der Waals surface area contributed by atoms with Gasteiger partial charge in [-0.25, -0.2) is 4.79 Å². The maximum atomic E-state index is 12.7. The van der Waals surface area contributed by atoms with Crippen LogP contribution >= 0.6 is 0 Å². The molecule has 0 aliphatic rings. The third-order valence-electron chi connectivity index (χ3n) is 7.77. The Balaban J connectivity index is 1.46. The summed E-state index contributed by atoms with van der Waals surface area (Å²) in [5, 5.41) is 5.33. The molecule has 252 valence electrons. The lowest BCUT2D eigenvalue weighted by Crippen LogP contribution is -2.66. The van der Waals surface area contributed by atoms with Gasteiger partial charge in [0.1, 0.15) is 11.4 Å². The number of benzene rings is 3. The van der Waals surface area contributed by atoms with Crippen molar-refractivity contribution in [3.8, 4) is 11.8 Å². The number of Topliss-reactive ketones (excluding diaryl/α,β-unsaturated/α-hetero) is 1. The SMILES string of the molecule is CC(C)(C)OC(=O)N[C@@H](CCC(=O)CCCC#CCCO[Si](c1ccccc1)(c1ccccc1)C(C)(C)C)COCc1ccccc1. The standard InChI is InChI=1S/C40H53NO5Si/c1-39(2,3)46-38(43)41-34(32-44-31-33-21-13-10-14-22-33)28-29-35(42)23-15-8-7-9-20-30-45-47(40(4,5)6,36-24-16-11-17-25-36)37-26-18-12-19-27-37/h10-14,16-19,21-22,24-27,34H,8,15,20,23,28-32H2,1-6H3,(H,41,43)/t34-/m0/s1. The van der Waals surface area contributed by atoms with Gasteiger partial charge in [0.05, 0.1) is 19.3 Å². The van der Waals surface area contributed by atoms with Crippen molar-refractivity contribution in [2.24, 2.45) is 0 Å². The zero-order chi connectivity index (χ0) is 34.2. The molecular weight excluding hydrogens is 603 g/mol. The number of alkyl carbamates (subject to hydrolysis) is 1. The molecule has 3 rings (SSSR count). The number of hydrogen-bond donors (Lipinski definition) is 1. The van der Waals surface area contributed by atoms with E-state index in [1.807, 2.05) is 63.2 Å². The molecule has 3 aromatic rings. The van der Waals surface area contributed by atoms with Crippen LogP contribution in [-0.2, 0) is 25.3 Å². The number of ketones is 1. The molecule has 6 nitrogen and oxygen atoms in total. The van der Waals surface area contributed by atoms with Crippen molar-refractivity contribution in [1.29, 1.82) is 0 Å². The molecule has 0 saturated heterocycles. The van der Waals surface area contributed by atoms with Crippen LogP contribution in [-0.4, -0.2) is 45.1 Å². The number of unbranched alkanes of at least 4 members (excludes halogenated alkanes) is 1. The fraction of sp³-hybridized carbons (Fsp3) is 0.450. The number of hydrogen-bond acceptors (Lipinski definition) is 5. The Kier molecular flexibility index (Phi) is 14.9. The molecule has 0 aliphatic heterocycles. The fourth-order valence-electron chi connectivity index (χ4n) is 5.59. The lowest BCUT2D eigenvalue weighted by Gasteiger charge is -2.43. The lowest BCUT2D eigenvalue weighted by molar-refractivity contribution is -0.119. The van der Waals surface area contributed by atoms with E-state index in [2.05, 4.69) is 86.5 Å². The van der Waals surface area contributed by atoms with Gasteiger partial charge in [0.2, 0.25) is 0 Å². The summed E-state index contributed by atoms with van der Waals surface area (Å²) in [5.41, 5.74) is 0.444. The Morgan fingerprint density at radius 2 is 1.32 bits per heavy atom. The van der Waals surface area contributed by atoms with Crippen molar-refractivity contribution in [2.45, 2.75) is 103 Å². The second-order valence-corrected chi connectivity index (χ2v) is 18.2. The Labute approximate surface area is 283 Å². The van der Waals surface area contributed by atoms with Gasteiger partial charge in [0.15, 0.2) is 0 Å². The monoisotopic (exact) mass is 655 g/mol. The first-order chi connectivity index (χ1) is 22.4. The number of carbonyl (C=O) groups excluding carboxylic acids is 2. The molecule has 7 heteroatoms. The Hall–Kier alpha value is -3.70. The van der Waals surface area contributed by atoms with E-state index in [9.17, 15) is 9.59 Å². The van der Waals surface area contributed by atoms with Crippen molar-refractivity contribution in [3.05, 3.63) is 96.6 Å². The van der Waals surface area contributed by atoms with Gasteiger partial charge in [-0.1, -0.05) is 112 Å². The molecule has 1 atom stereocenters. The molecule has 0 radical (unpaired) electrons. The maximum absolute atomic E-state index is 12.7. The van der Waals surface area contributed by atoms with E-state index in [1.54, 1.807) is 0 Å². The van der Waals surface area contributed by atoms with Crippen molar-refractivity contribution >= 4 is 30.6 Å². The minimum Gasteiger partial charge on any atom is -0.444 e. The van der Waals surface area contributed by atoms with Gasteiger partial charge in [-0.3, -0.25) is 4.79 Å². The van der Waals surface area contributed by atoms with Gasteiger partial charge in [0.25, 0.3) is 8.32 Å². The molecule has 0 saturated carbocycles. The largest absolute Gasteiger partial charge is 0.444 e. The van der Waals surface area contributed by atoms with Gasteiger partial charge in [-0.15, -0.1) is 11.8 Å². The average Bonchev–Trinajstić information content (AvgIpc) is 3.02. The van der Waals surface area contributed by atoms with Gasteiger partial charge < -0.3 is 19.2 Å². The summed E-state index contributed by atoms with van der Waals surface area (Å²) >= 11 is 0. The molecular formula is C40H53NO5Si. The number of amides is 1. The normalized spacial score (nSPS) is 12.5. The lowest BCUT2D eigenvalue weighted by atomic mass is 10.1. The molecule has 1 amide bonds. The van der Waals surface area contributed by atoms with Crippen LogP contribution in [0.2, 0.25) is 5.04 Å². The quantitative estimate of drug-likeness (QED) is 0.0979. The average molecular weight is 656 g/mol. The molecule has 0 bridgehead atoms. The maximum Gasteiger partial charge on any atom is 0.407 e. The minimum absolute atomic E-state index is 0.0705. The van der Waals surface area contributed by atoms with E-state index >= 15 is 0 Å².